The molecule has 0 aliphatic heterocycles. The fourth-order valence-corrected chi connectivity index (χ4v) is 2.44. The van der Waals surface area contributed by atoms with Gasteiger partial charge in [0.25, 0.3) is 0 Å². The van der Waals surface area contributed by atoms with Crippen molar-refractivity contribution >= 4 is 5.97 Å². The summed E-state index contributed by atoms with van der Waals surface area (Å²) >= 11 is 0. The standard InChI is InChI=1S/C16H24FNO2/c1-12(2)5-4-10-16(11-18,15(19)20-3)13-6-8-14(17)9-7-13/h6-9,12H,4-5,10-11,18H2,1-3H3. The van der Waals surface area contributed by atoms with Gasteiger partial charge in [0.2, 0.25) is 0 Å². The molecule has 1 aromatic rings. The van der Waals surface area contributed by atoms with Gasteiger partial charge in [-0.25, -0.2) is 4.39 Å². The molecule has 0 aliphatic carbocycles. The van der Waals surface area contributed by atoms with E-state index in [2.05, 4.69) is 13.8 Å². The van der Waals surface area contributed by atoms with E-state index in [-0.39, 0.29) is 18.3 Å². The van der Waals surface area contributed by atoms with Gasteiger partial charge in [-0.1, -0.05) is 38.8 Å². The van der Waals surface area contributed by atoms with Gasteiger partial charge >= 0.3 is 5.97 Å². The van der Waals surface area contributed by atoms with Crippen molar-refractivity contribution in [3.63, 3.8) is 0 Å². The van der Waals surface area contributed by atoms with Crippen molar-refractivity contribution in [2.24, 2.45) is 11.7 Å². The first-order valence-corrected chi connectivity index (χ1v) is 7.01. The van der Waals surface area contributed by atoms with Gasteiger partial charge in [-0.2, -0.15) is 0 Å². The van der Waals surface area contributed by atoms with E-state index in [1.54, 1.807) is 12.1 Å². The second-order valence-corrected chi connectivity index (χ2v) is 5.57. The maximum Gasteiger partial charge on any atom is 0.317 e. The molecule has 0 aliphatic rings. The van der Waals surface area contributed by atoms with Crippen LogP contribution in [-0.4, -0.2) is 19.6 Å². The van der Waals surface area contributed by atoms with Crippen LogP contribution in [0.3, 0.4) is 0 Å². The Morgan fingerprint density at radius 2 is 1.95 bits per heavy atom. The molecule has 0 heterocycles. The summed E-state index contributed by atoms with van der Waals surface area (Å²) in [7, 11) is 1.36. The highest BCUT2D eigenvalue weighted by Gasteiger charge is 2.39. The molecule has 0 saturated carbocycles. The third kappa shape index (κ3) is 3.79. The van der Waals surface area contributed by atoms with Crippen molar-refractivity contribution in [3.8, 4) is 0 Å². The molecular weight excluding hydrogens is 257 g/mol. The molecule has 0 saturated heterocycles. The molecule has 1 aromatic carbocycles. The lowest BCUT2D eigenvalue weighted by molar-refractivity contribution is -0.147. The number of carbonyl (C=O) groups excluding carboxylic acids is 1. The van der Waals surface area contributed by atoms with E-state index in [1.165, 1.54) is 19.2 Å². The van der Waals surface area contributed by atoms with Crippen LogP contribution in [0.2, 0.25) is 0 Å². The Kier molecular flexibility index (Phi) is 6.14. The lowest BCUT2D eigenvalue weighted by Gasteiger charge is -2.30. The average Bonchev–Trinajstić information content (AvgIpc) is 2.44. The minimum absolute atomic E-state index is 0.156. The Hall–Kier alpha value is -1.42. The van der Waals surface area contributed by atoms with Gasteiger partial charge in [-0.15, -0.1) is 0 Å². The van der Waals surface area contributed by atoms with Crippen molar-refractivity contribution in [1.82, 2.24) is 0 Å². The molecular formula is C16H24FNO2. The van der Waals surface area contributed by atoms with Crippen LogP contribution >= 0.6 is 0 Å². The van der Waals surface area contributed by atoms with Crippen molar-refractivity contribution in [1.29, 1.82) is 0 Å². The van der Waals surface area contributed by atoms with E-state index >= 15 is 0 Å². The minimum Gasteiger partial charge on any atom is -0.468 e. The Labute approximate surface area is 120 Å². The summed E-state index contributed by atoms with van der Waals surface area (Å²) in [5, 5.41) is 0. The Morgan fingerprint density at radius 1 is 1.35 bits per heavy atom. The monoisotopic (exact) mass is 281 g/mol. The van der Waals surface area contributed by atoms with Crippen molar-refractivity contribution in [2.75, 3.05) is 13.7 Å². The Morgan fingerprint density at radius 3 is 2.40 bits per heavy atom. The van der Waals surface area contributed by atoms with Crippen LogP contribution in [0.5, 0.6) is 0 Å². The van der Waals surface area contributed by atoms with Crippen LogP contribution in [-0.2, 0) is 14.9 Å². The van der Waals surface area contributed by atoms with Crippen molar-refractivity contribution in [2.45, 2.75) is 38.5 Å². The van der Waals surface area contributed by atoms with E-state index in [0.717, 1.165) is 18.4 Å². The first-order chi connectivity index (χ1) is 9.46. The average molecular weight is 281 g/mol. The van der Waals surface area contributed by atoms with E-state index < -0.39 is 5.41 Å². The van der Waals surface area contributed by atoms with Crippen LogP contribution in [0.15, 0.2) is 24.3 Å². The summed E-state index contributed by atoms with van der Waals surface area (Å²) in [5.74, 6) is -0.113. The summed E-state index contributed by atoms with van der Waals surface area (Å²) in [6, 6.07) is 5.94. The van der Waals surface area contributed by atoms with Crippen LogP contribution < -0.4 is 5.73 Å². The molecule has 1 atom stereocenters. The maximum atomic E-state index is 13.1. The van der Waals surface area contributed by atoms with Gasteiger partial charge in [0.05, 0.1) is 7.11 Å². The van der Waals surface area contributed by atoms with Crippen LogP contribution in [0.1, 0.15) is 38.7 Å². The van der Waals surface area contributed by atoms with E-state index in [0.29, 0.717) is 12.3 Å². The van der Waals surface area contributed by atoms with Crippen molar-refractivity contribution in [3.05, 3.63) is 35.6 Å². The summed E-state index contributed by atoms with van der Waals surface area (Å²) in [6.45, 7) is 4.43. The number of carbonyl (C=O) groups is 1. The first kappa shape index (κ1) is 16.6. The van der Waals surface area contributed by atoms with Gasteiger partial charge in [-0.3, -0.25) is 4.79 Å². The van der Waals surface area contributed by atoms with E-state index in [1.807, 2.05) is 0 Å². The molecule has 4 heteroatoms. The predicted molar refractivity (Wildman–Crippen MR) is 77.8 cm³/mol. The summed E-state index contributed by atoms with van der Waals surface area (Å²) < 4.78 is 18.0. The molecule has 0 bridgehead atoms. The molecule has 112 valence electrons. The number of rotatable bonds is 7. The second-order valence-electron chi connectivity index (χ2n) is 5.57. The quantitative estimate of drug-likeness (QED) is 0.782. The summed E-state index contributed by atoms with van der Waals surface area (Å²) in [5.41, 5.74) is 5.72. The third-order valence-electron chi connectivity index (χ3n) is 3.71. The summed E-state index contributed by atoms with van der Waals surface area (Å²) in [6.07, 6.45) is 2.50. The Bertz CT molecular complexity index is 431. The summed E-state index contributed by atoms with van der Waals surface area (Å²) in [4.78, 5) is 12.2. The van der Waals surface area contributed by atoms with Gasteiger partial charge < -0.3 is 10.5 Å². The number of hydrogen-bond donors (Lipinski definition) is 1. The van der Waals surface area contributed by atoms with E-state index in [9.17, 15) is 9.18 Å². The van der Waals surface area contributed by atoms with Crippen molar-refractivity contribution < 1.29 is 13.9 Å². The largest absolute Gasteiger partial charge is 0.468 e. The zero-order valence-electron chi connectivity index (χ0n) is 12.5. The fraction of sp³-hybridized carbons (Fsp3) is 0.562. The predicted octanol–water partition coefficient (Wildman–Crippen LogP) is 3.02. The Balaban J connectivity index is 3.04. The fourth-order valence-electron chi connectivity index (χ4n) is 2.44. The number of nitrogens with two attached hydrogens (primary N) is 1. The zero-order chi connectivity index (χ0) is 15.2. The molecule has 1 rings (SSSR count). The van der Waals surface area contributed by atoms with E-state index in [4.69, 9.17) is 10.5 Å². The highest BCUT2D eigenvalue weighted by Crippen LogP contribution is 2.31. The van der Waals surface area contributed by atoms with Crippen LogP contribution in [0.25, 0.3) is 0 Å². The molecule has 0 amide bonds. The lowest BCUT2D eigenvalue weighted by atomic mass is 9.76. The van der Waals surface area contributed by atoms with Gasteiger partial charge in [0.15, 0.2) is 0 Å². The smallest absolute Gasteiger partial charge is 0.317 e. The highest BCUT2D eigenvalue weighted by molar-refractivity contribution is 5.83. The molecule has 3 nitrogen and oxygen atoms in total. The molecule has 0 fully saturated rings. The van der Waals surface area contributed by atoms with Crippen LogP contribution in [0.4, 0.5) is 4.39 Å². The molecule has 0 spiro atoms. The number of ether oxygens (including phenoxy) is 1. The minimum atomic E-state index is -0.878. The maximum absolute atomic E-state index is 13.1. The van der Waals surface area contributed by atoms with Gasteiger partial charge in [0.1, 0.15) is 11.2 Å². The number of esters is 1. The SMILES string of the molecule is COC(=O)C(CN)(CCCC(C)C)c1ccc(F)cc1. The number of hydrogen-bond acceptors (Lipinski definition) is 3. The normalized spacial score (nSPS) is 14.1. The lowest BCUT2D eigenvalue weighted by Crippen LogP contribution is -2.44. The molecule has 1 unspecified atom stereocenters. The molecule has 2 N–H and O–H groups in total. The number of benzene rings is 1. The number of halogens is 1. The first-order valence-electron chi connectivity index (χ1n) is 7.01. The third-order valence-corrected chi connectivity index (χ3v) is 3.71. The molecule has 20 heavy (non-hydrogen) atoms. The number of methoxy groups -OCH3 is 1. The highest BCUT2D eigenvalue weighted by atomic mass is 19.1. The zero-order valence-corrected chi connectivity index (χ0v) is 12.5. The topological polar surface area (TPSA) is 52.3 Å². The molecule has 0 radical (unpaired) electrons. The van der Waals surface area contributed by atoms with Crippen LogP contribution in [0, 0.1) is 11.7 Å². The molecule has 0 aromatic heterocycles. The second kappa shape index (κ2) is 7.39. The van der Waals surface area contributed by atoms with Gasteiger partial charge in [0, 0.05) is 6.54 Å². The van der Waals surface area contributed by atoms with Gasteiger partial charge in [-0.05, 0) is 30.0 Å².